The Morgan fingerprint density at radius 2 is 2.26 bits per heavy atom. The van der Waals surface area contributed by atoms with Crippen molar-refractivity contribution in [1.29, 1.82) is 0 Å². The summed E-state index contributed by atoms with van der Waals surface area (Å²) in [6, 6.07) is 3.07. The Bertz CT molecular complexity index is 479. The summed E-state index contributed by atoms with van der Waals surface area (Å²) in [5.41, 5.74) is 0. The number of nitrogens with zero attached hydrogens (tertiary/aromatic N) is 1. The van der Waals surface area contributed by atoms with Crippen molar-refractivity contribution in [2.75, 3.05) is 13.1 Å². The fourth-order valence-electron chi connectivity index (χ4n) is 2.40. The lowest BCUT2D eigenvalue weighted by atomic mass is 9.99. The molecule has 2 amide bonds. The van der Waals surface area contributed by atoms with Crippen LogP contribution < -0.4 is 5.32 Å². The maximum atomic E-state index is 12.4. The standard InChI is InChI=1S/C14H20N2O3/c1-4-10-5-6-11(19-10)14(18)16-8-7-15-13(17)12(16)9(2)3/h5-6,9,12H,4,7-8H2,1-3H3,(H,15,17)/t12-/m0/s1. The number of piperazine rings is 1. The van der Waals surface area contributed by atoms with Crippen LogP contribution in [0.1, 0.15) is 37.1 Å². The number of carbonyl (C=O) groups is 2. The molecule has 1 atom stereocenters. The molecule has 1 aliphatic heterocycles. The number of furan rings is 1. The molecular formula is C14H20N2O3. The molecule has 0 aliphatic carbocycles. The molecule has 19 heavy (non-hydrogen) atoms. The summed E-state index contributed by atoms with van der Waals surface area (Å²) in [6.45, 7) is 6.87. The van der Waals surface area contributed by atoms with Crippen molar-refractivity contribution < 1.29 is 14.0 Å². The Hall–Kier alpha value is -1.78. The van der Waals surface area contributed by atoms with Gasteiger partial charge in [-0.05, 0) is 18.1 Å². The summed E-state index contributed by atoms with van der Waals surface area (Å²) in [5, 5.41) is 2.80. The fourth-order valence-corrected chi connectivity index (χ4v) is 2.40. The predicted molar refractivity (Wildman–Crippen MR) is 70.8 cm³/mol. The van der Waals surface area contributed by atoms with Gasteiger partial charge in [0.15, 0.2) is 5.76 Å². The third kappa shape index (κ3) is 2.64. The van der Waals surface area contributed by atoms with Crippen molar-refractivity contribution >= 4 is 11.8 Å². The van der Waals surface area contributed by atoms with Gasteiger partial charge in [0.25, 0.3) is 5.91 Å². The van der Waals surface area contributed by atoms with Gasteiger partial charge < -0.3 is 14.6 Å². The molecule has 0 unspecified atom stereocenters. The quantitative estimate of drug-likeness (QED) is 0.898. The van der Waals surface area contributed by atoms with E-state index in [0.717, 1.165) is 12.2 Å². The van der Waals surface area contributed by atoms with Crippen LogP contribution in [0.2, 0.25) is 0 Å². The zero-order valence-corrected chi connectivity index (χ0v) is 11.6. The smallest absolute Gasteiger partial charge is 0.290 e. The summed E-state index contributed by atoms with van der Waals surface area (Å²) < 4.78 is 5.49. The SMILES string of the molecule is CCc1ccc(C(=O)N2CCNC(=O)[C@@H]2C(C)C)o1. The number of hydrogen-bond acceptors (Lipinski definition) is 3. The first-order valence-electron chi connectivity index (χ1n) is 6.72. The number of amides is 2. The molecule has 0 aromatic carbocycles. The van der Waals surface area contributed by atoms with Crippen LogP contribution in [-0.4, -0.2) is 35.8 Å². The molecule has 0 saturated carbocycles. The van der Waals surface area contributed by atoms with Gasteiger partial charge in [-0.15, -0.1) is 0 Å². The highest BCUT2D eigenvalue weighted by atomic mass is 16.4. The van der Waals surface area contributed by atoms with Gasteiger partial charge in [0.2, 0.25) is 5.91 Å². The van der Waals surface area contributed by atoms with E-state index in [2.05, 4.69) is 5.32 Å². The number of nitrogens with one attached hydrogen (secondary N) is 1. The van der Waals surface area contributed by atoms with Gasteiger partial charge in [-0.3, -0.25) is 9.59 Å². The third-order valence-electron chi connectivity index (χ3n) is 3.37. The van der Waals surface area contributed by atoms with Crippen LogP contribution in [0.15, 0.2) is 16.5 Å². The zero-order valence-electron chi connectivity index (χ0n) is 11.6. The van der Waals surface area contributed by atoms with Gasteiger partial charge >= 0.3 is 0 Å². The van der Waals surface area contributed by atoms with E-state index in [9.17, 15) is 9.59 Å². The molecule has 2 rings (SSSR count). The Morgan fingerprint density at radius 3 is 2.84 bits per heavy atom. The summed E-state index contributed by atoms with van der Waals surface area (Å²) in [7, 11) is 0. The minimum absolute atomic E-state index is 0.0739. The molecule has 5 heteroatoms. The van der Waals surface area contributed by atoms with Crippen LogP contribution in [0.25, 0.3) is 0 Å². The zero-order chi connectivity index (χ0) is 14.0. The Balaban J connectivity index is 2.22. The normalized spacial score (nSPS) is 19.7. The van der Waals surface area contributed by atoms with Gasteiger partial charge in [0.1, 0.15) is 11.8 Å². The van der Waals surface area contributed by atoms with E-state index < -0.39 is 6.04 Å². The lowest BCUT2D eigenvalue weighted by Crippen LogP contribution is -2.59. The van der Waals surface area contributed by atoms with Crippen molar-refractivity contribution in [3.05, 3.63) is 23.7 Å². The van der Waals surface area contributed by atoms with Crippen LogP contribution >= 0.6 is 0 Å². The molecule has 1 aromatic heterocycles. The molecule has 1 N–H and O–H groups in total. The first-order chi connectivity index (χ1) is 9.04. The molecule has 104 valence electrons. The molecule has 1 aliphatic rings. The molecule has 2 heterocycles. The van der Waals surface area contributed by atoms with Crippen LogP contribution in [0.5, 0.6) is 0 Å². The van der Waals surface area contributed by atoms with Crippen LogP contribution in [0.4, 0.5) is 0 Å². The largest absolute Gasteiger partial charge is 0.456 e. The van der Waals surface area contributed by atoms with Crippen molar-refractivity contribution in [3.63, 3.8) is 0 Å². The molecule has 0 bridgehead atoms. The Morgan fingerprint density at radius 1 is 1.53 bits per heavy atom. The molecule has 1 fully saturated rings. The lowest BCUT2D eigenvalue weighted by Gasteiger charge is -2.36. The van der Waals surface area contributed by atoms with E-state index in [-0.39, 0.29) is 17.7 Å². The number of rotatable bonds is 3. The monoisotopic (exact) mass is 264 g/mol. The van der Waals surface area contributed by atoms with Crippen molar-refractivity contribution in [3.8, 4) is 0 Å². The van der Waals surface area contributed by atoms with Gasteiger partial charge in [-0.1, -0.05) is 20.8 Å². The highest BCUT2D eigenvalue weighted by Gasteiger charge is 2.36. The van der Waals surface area contributed by atoms with Crippen molar-refractivity contribution in [2.24, 2.45) is 5.92 Å². The average molecular weight is 264 g/mol. The van der Waals surface area contributed by atoms with Crippen LogP contribution in [0, 0.1) is 5.92 Å². The first kappa shape index (κ1) is 13.6. The topological polar surface area (TPSA) is 62.6 Å². The maximum absolute atomic E-state index is 12.4. The van der Waals surface area contributed by atoms with Crippen molar-refractivity contribution in [2.45, 2.75) is 33.2 Å². The van der Waals surface area contributed by atoms with Gasteiger partial charge in [0.05, 0.1) is 0 Å². The van der Waals surface area contributed by atoms with E-state index in [4.69, 9.17) is 4.42 Å². The van der Waals surface area contributed by atoms with E-state index in [1.54, 1.807) is 11.0 Å². The highest BCUT2D eigenvalue weighted by molar-refractivity contribution is 5.96. The number of hydrogen-bond donors (Lipinski definition) is 1. The third-order valence-corrected chi connectivity index (χ3v) is 3.37. The van der Waals surface area contributed by atoms with Crippen LogP contribution in [-0.2, 0) is 11.2 Å². The lowest BCUT2D eigenvalue weighted by molar-refractivity contribution is -0.129. The molecule has 0 spiro atoms. The maximum Gasteiger partial charge on any atom is 0.290 e. The molecular weight excluding hydrogens is 244 g/mol. The van der Waals surface area contributed by atoms with Gasteiger partial charge in [-0.2, -0.15) is 0 Å². The summed E-state index contributed by atoms with van der Waals surface area (Å²) in [5.74, 6) is 0.887. The first-order valence-corrected chi connectivity index (χ1v) is 6.72. The molecule has 5 nitrogen and oxygen atoms in total. The van der Waals surface area contributed by atoms with Gasteiger partial charge in [0, 0.05) is 19.5 Å². The highest BCUT2D eigenvalue weighted by Crippen LogP contribution is 2.19. The van der Waals surface area contributed by atoms with Crippen molar-refractivity contribution in [1.82, 2.24) is 10.2 Å². The number of carbonyl (C=O) groups excluding carboxylic acids is 2. The summed E-state index contributed by atoms with van der Waals surface area (Å²) >= 11 is 0. The average Bonchev–Trinajstić information content (AvgIpc) is 2.85. The second-order valence-corrected chi connectivity index (χ2v) is 5.10. The second kappa shape index (κ2) is 5.47. The minimum atomic E-state index is -0.420. The summed E-state index contributed by atoms with van der Waals surface area (Å²) in [6.07, 6.45) is 0.751. The van der Waals surface area contributed by atoms with Crippen LogP contribution in [0.3, 0.4) is 0 Å². The Kier molecular flexibility index (Phi) is 3.93. The fraction of sp³-hybridized carbons (Fsp3) is 0.571. The molecule has 1 aromatic rings. The molecule has 0 radical (unpaired) electrons. The van der Waals surface area contributed by atoms with E-state index in [0.29, 0.717) is 18.8 Å². The Labute approximate surface area is 113 Å². The number of aryl methyl sites for hydroxylation is 1. The predicted octanol–water partition coefficient (Wildman–Crippen LogP) is 1.44. The summed E-state index contributed by atoms with van der Waals surface area (Å²) in [4.78, 5) is 26.0. The van der Waals surface area contributed by atoms with Gasteiger partial charge in [-0.25, -0.2) is 0 Å². The molecule has 1 saturated heterocycles. The minimum Gasteiger partial charge on any atom is -0.456 e. The van der Waals surface area contributed by atoms with E-state index in [1.165, 1.54) is 0 Å². The van der Waals surface area contributed by atoms with E-state index in [1.807, 2.05) is 26.8 Å². The second-order valence-electron chi connectivity index (χ2n) is 5.10. The van der Waals surface area contributed by atoms with E-state index >= 15 is 0 Å².